The first-order valence-corrected chi connectivity index (χ1v) is 5.21. The van der Waals surface area contributed by atoms with Crippen LogP contribution in [0.2, 0.25) is 0 Å². The second kappa shape index (κ2) is 4.29. The van der Waals surface area contributed by atoms with E-state index in [1.54, 1.807) is 0 Å². The van der Waals surface area contributed by atoms with Gasteiger partial charge >= 0.3 is 5.95 Å². The third-order valence-electron chi connectivity index (χ3n) is 2.70. The molecule has 6 heteroatoms. The van der Waals surface area contributed by atoms with Crippen molar-refractivity contribution in [2.45, 2.75) is 38.1 Å². The zero-order valence-electron chi connectivity index (χ0n) is 8.40. The van der Waals surface area contributed by atoms with E-state index in [0.717, 1.165) is 12.8 Å². The van der Waals surface area contributed by atoms with Crippen molar-refractivity contribution in [2.24, 2.45) is 0 Å². The van der Waals surface area contributed by atoms with E-state index in [0.29, 0.717) is 11.9 Å². The van der Waals surface area contributed by atoms with Crippen LogP contribution in [0, 0.1) is 10.1 Å². The fourth-order valence-electron chi connectivity index (χ4n) is 1.94. The van der Waals surface area contributed by atoms with Gasteiger partial charge in [-0.05, 0) is 17.8 Å². The topological polar surface area (TPSA) is 83.8 Å². The highest BCUT2D eigenvalue weighted by atomic mass is 16.6. The van der Waals surface area contributed by atoms with Gasteiger partial charge in [-0.2, -0.15) is 0 Å². The van der Waals surface area contributed by atoms with E-state index >= 15 is 0 Å². The lowest BCUT2D eigenvalue weighted by molar-refractivity contribution is -0.393. The van der Waals surface area contributed by atoms with Crippen molar-refractivity contribution in [2.75, 3.05) is 5.32 Å². The normalized spacial score (nSPS) is 17.6. The molecule has 0 bridgehead atoms. The van der Waals surface area contributed by atoms with Gasteiger partial charge in [0.1, 0.15) is 0 Å². The Morgan fingerprint density at radius 2 is 2.20 bits per heavy atom. The molecule has 1 aromatic heterocycles. The van der Waals surface area contributed by atoms with E-state index in [4.69, 9.17) is 0 Å². The lowest BCUT2D eigenvalue weighted by Crippen LogP contribution is -2.22. The zero-order valence-corrected chi connectivity index (χ0v) is 8.40. The van der Waals surface area contributed by atoms with E-state index in [2.05, 4.69) is 15.3 Å². The first kappa shape index (κ1) is 9.95. The number of nitrogens with one attached hydrogen (secondary N) is 2. The minimum atomic E-state index is -0.522. The number of aromatic amines is 1. The molecular weight excluding hydrogens is 196 g/mol. The molecule has 15 heavy (non-hydrogen) atoms. The third-order valence-corrected chi connectivity index (χ3v) is 2.70. The van der Waals surface area contributed by atoms with Gasteiger partial charge in [-0.15, -0.1) is 0 Å². The Balaban J connectivity index is 1.94. The second-order valence-corrected chi connectivity index (χ2v) is 3.86. The van der Waals surface area contributed by atoms with E-state index in [-0.39, 0.29) is 5.95 Å². The fraction of sp³-hybridized carbons (Fsp3) is 0.667. The number of H-pyrrole nitrogens is 1. The van der Waals surface area contributed by atoms with E-state index in [1.807, 2.05) is 0 Å². The van der Waals surface area contributed by atoms with Crippen molar-refractivity contribution >= 4 is 11.8 Å². The maximum atomic E-state index is 10.4. The first-order chi connectivity index (χ1) is 7.25. The maximum absolute atomic E-state index is 10.4. The van der Waals surface area contributed by atoms with Gasteiger partial charge < -0.3 is 15.4 Å². The van der Waals surface area contributed by atoms with E-state index < -0.39 is 4.92 Å². The molecule has 1 aromatic rings. The van der Waals surface area contributed by atoms with Crippen LogP contribution in [-0.4, -0.2) is 20.9 Å². The Kier molecular flexibility index (Phi) is 2.84. The summed E-state index contributed by atoms with van der Waals surface area (Å²) in [6.45, 7) is 0. The van der Waals surface area contributed by atoms with Crippen molar-refractivity contribution < 1.29 is 4.92 Å². The summed E-state index contributed by atoms with van der Waals surface area (Å²) in [6, 6.07) is 0.429. The number of anilines is 1. The molecule has 0 atom stereocenters. The monoisotopic (exact) mass is 210 g/mol. The Bertz CT molecular complexity index is 344. The van der Waals surface area contributed by atoms with Crippen molar-refractivity contribution in [1.29, 1.82) is 0 Å². The third kappa shape index (κ3) is 2.45. The summed E-state index contributed by atoms with van der Waals surface area (Å²) in [4.78, 5) is 16.2. The van der Waals surface area contributed by atoms with Gasteiger partial charge in [0, 0.05) is 6.04 Å². The van der Waals surface area contributed by atoms with Gasteiger partial charge in [0.15, 0.2) is 6.20 Å². The summed E-state index contributed by atoms with van der Waals surface area (Å²) in [6.07, 6.45) is 7.50. The zero-order chi connectivity index (χ0) is 10.7. The number of hydrogen-bond donors (Lipinski definition) is 2. The van der Waals surface area contributed by atoms with Gasteiger partial charge in [0.2, 0.25) is 5.82 Å². The SMILES string of the molecule is O=[N+]([O-])c1ncc(NC2CCCCC2)[nH]1. The molecule has 0 amide bonds. The number of aromatic nitrogens is 2. The molecule has 1 aliphatic carbocycles. The van der Waals surface area contributed by atoms with Crippen LogP contribution in [0.5, 0.6) is 0 Å². The minimum absolute atomic E-state index is 0.201. The standard InChI is InChI=1S/C9H14N4O2/c14-13(15)9-10-6-8(12-9)11-7-4-2-1-3-5-7/h6-7,11H,1-5H2,(H,10,12). The van der Waals surface area contributed by atoms with Crippen molar-refractivity contribution in [1.82, 2.24) is 9.97 Å². The molecule has 0 unspecified atom stereocenters. The molecule has 0 radical (unpaired) electrons. The van der Waals surface area contributed by atoms with Crippen LogP contribution in [0.1, 0.15) is 32.1 Å². The summed E-state index contributed by atoms with van der Waals surface area (Å²) in [7, 11) is 0. The smallest absolute Gasteiger partial charge is 0.390 e. The predicted octanol–water partition coefficient (Wildman–Crippen LogP) is 2.06. The first-order valence-electron chi connectivity index (χ1n) is 5.21. The Hall–Kier alpha value is -1.59. The average Bonchev–Trinajstić information content (AvgIpc) is 2.68. The number of rotatable bonds is 3. The predicted molar refractivity (Wildman–Crippen MR) is 55.7 cm³/mol. The van der Waals surface area contributed by atoms with Crippen LogP contribution in [-0.2, 0) is 0 Å². The summed E-state index contributed by atoms with van der Waals surface area (Å²) in [5, 5.41) is 13.6. The van der Waals surface area contributed by atoms with Gasteiger partial charge in [-0.1, -0.05) is 24.2 Å². The van der Waals surface area contributed by atoms with Crippen LogP contribution in [0.15, 0.2) is 6.20 Å². The second-order valence-electron chi connectivity index (χ2n) is 3.86. The van der Waals surface area contributed by atoms with Gasteiger partial charge in [-0.3, -0.25) is 0 Å². The molecule has 6 nitrogen and oxygen atoms in total. The van der Waals surface area contributed by atoms with Gasteiger partial charge in [-0.25, -0.2) is 4.98 Å². The van der Waals surface area contributed by atoms with Gasteiger partial charge in [0.25, 0.3) is 0 Å². The summed E-state index contributed by atoms with van der Waals surface area (Å²) >= 11 is 0. The molecule has 0 saturated heterocycles. The lowest BCUT2D eigenvalue weighted by atomic mass is 9.96. The molecule has 82 valence electrons. The van der Waals surface area contributed by atoms with Crippen LogP contribution in [0.4, 0.5) is 11.8 Å². The fourth-order valence-corrected chi connectivity index (χ4v) is 1.94. The molecule has 0 aliphatic heterocycles. The van der Waals surface area contributed by atoms with Crippen LogP contribution < -0.4 is 5.32 Å². The average molecular weight is 210 g/mol. The Labute approximate surface area is 87.2 Å². The van der Waals surface area contributed by atoms with Gasteiger partial charge in [0.05, 0.1) is 0 Å². The molecule has 1 aliphatic rings. The largest absolute Gasteiger partial charge is 0.433 e. The summed E-state index contributed by atoms with van der Waals surface area (Å²) in [5.74, 6) is 0.446. The molecule has 2 rings (SSSR count). The number of nitrogens with zero attached hydrogens (tertiary/aromatic N) is 2. The maximum Gasteiger partial charge on any atom is 0.433 e. The molecule has 1 saturated carbocycles. The van der Waals surface area contributed by atoms with Crippen molar-refractivity contribution in [3.63, 3.8) is 0 Å². The number of imidazole rings is 1. The molecule has 1 heterocycles. The van der Waals surface area contributed by atoms with E-state index in [9.17, 15) is 10.1 Å². The van der Waals surface area contributed by atoms with Crippen molar-refractivity contribution in [3.8, 4) is 0 Å². The highest BCUT2D eigenvalue weighted by Gasteiger charge is 2.17. The quantitative estimate of drug-likeness (QED) is 0.590. The Morgan fingerprint density at radius 1 is 1.47 bits per heavy atom. The van der Waals surface area contributed by atoms with Crippen molar-refractivity contribution in [3.05, 3.63) is 16.3 Å². The molecule has 1 fully saturated rings. The summed E-state index contributed by atoms with van der Waals surface area (Å²) in [5.41, 5.74) is 0. The number of hydrogen-bond acceptors (Lipinski definition) is 4. The number of nitro groups is 1. The Morgan fingerprint density at radius 3 is 2.80 bits per heavy atom. The molecule has 0 aromatic carbocycles. The molecule has 0 spiro atoms. The molecular formula is C9H14N4O2. The lowest BCUT2D eigenvalue weighted by Gasteiger charge is -2.21. The van der Waals surface area contributed by atoms with E-state index in [1.165, 1.54) is 25.5 Å². The summed E-state index contributed by atoms with van der Waals surface area (Å²) < 4.78 is 0. The van der Waals surface area contributed by atoms with Crippen LogP contribution >= 0.6 is 0 Å². The van der Waals surface area contributed by atoms with Crippen LogP contribution in [0.25, 0.3) is 0 Å². The van der Waals surface area contributed by atoms with Crippen LogP contribution in [0.3, 0.4) is 0 Å². The minimum Gasteiger partial charge on any atom is -0.390 e. The highest BCUT2D eigenvalue weighted by molar-refractivity contribution is 5.36. The molecule has 2 N–H and O–H groups in total. The highest BCUT2D eigenvalue weighted by Crippen LogP contribution is 2.21.